The second-order valence-corrected chi connectivity index (χ2v) is 7.69. The lowest BCUT2D eigenvalue weighted by atomic mass is 10.2. The van der Waals surface area contributed by atoms with E-state index in [-0.39, 0.29) is 11.9 Å². The van der Waals surface area contributed by atoms with E-state index in [9.17, 15) is 4.79 Å². The SMILES string of the molecule is C[C@H](C(=O)Nc1ccc(N2CCOCC2)cc1)[NH+](C)CCOc1ccc(Cl)cc1. The summed E-state index contributed by atoms with van der Waals surface area (Å²) < 4.78 is 11.1. The maximum Gasteiger partial charge on any atom is 0.282 e. The minimum atomic E-state index is -0.192. The van der Waals surface area contributed by atoms with Crippen molar-refractivity contribution in [3.05, 3.63) is 53.6 Å². The number of ether oxygens (including phenoxy) is 2. The zero-order chi connectivity index (χ0) is 20.6. The molecule has 2 aromatic rings. The van der Waals surface area contributed by atoms with Crippen LogP contribution in [-0.2, 0) is 9.53 Å². The number of morpholine rings is 1. The summed E-state index contributed by atoms with van der Waals surface area (Å²) in [4.78, 5) is 16.0. The summed E-state index contributed by atoms with van der Waals surface area (Å²) in [6.45, 7) is 6.48. The van der Waals surface area contributed by atoms with Crippen molar-refractivity contribution >= 4 is 28.9 Å². The molecule has 0 aliphatic carbocycles. The molecule has 0 spiro atoms. The summed E-state index contributed by atoms with van der Waals surface area (Å²) in [5.74, 6) is 0.771. The molecule has 29 heavy (non-hydrogen) atoms. The molecular formula is C22H29ClN3O3+. The summed E-state index contributed by atoms with van der Waals surface area (Å²) in [7, 11) is 2.00. The molecule has 0 aromatic heterocycles. The summed E-state index contributed by atoms with van der Waals surface area (Å²) in [6.07, 6.45) is 0. The Morgan fingerprint density at radius 3 is 2.48 bits per heavy atom. The smallest absolute Gasteiger partial charge is 0.282 e. The van der Waals surface area contributed by atoms with E-state index in [1.165, 1.54) is 0 Å². The zero-order valence-corrected chi connectivity index (χ0v) is 17.7. The first-order valence-corrected chi connectivity index (χ1v) is 10.3. The Morgan fingerprint density at radius 1 is 1.17 bits per heavy atom. The largest absolute Gasteiger partial charge is 0.488 e. The Kier molecular flexibility index (Phi) is 7.75. The minimum Gasteiger partial charge on any atom is -0.488 e. The molecule has 3 rings (SSSR count). The molecule has 1 heterocycles. The molecule has 1 amide bonds. The fourth-order valence-electron chi connectivity index (χ4n) is 3.13. The predicted octanol–water partition coefficient (Wildman–Crippen LogP) is 2.10. The third-order valence-corrected chi connectivity index (χ3v) is 5.47. The van der Waals surface area contributed by atoms with Crippen LogP contribution < -0.4 is 19.9 Å². The van der Waals surface area contributed by atoms with E-state index in [0.29, 0.717) is 18.2 Å². The first kappa shape index (κ1) is 21.4. The topological polar surface area (TPSA) is 55.2 Å². The van der Waals surface area contributed by atoms with Crippen LogP contribution in [0.1, 0.15) is 6.92 Å². The van der Waals surface area contributed by atoms with Crippen molar-refractivity contribution in [3.63, 3.8) is 0 Å². The van der Waals surface area contributed by atoms with Gasteiger partial charge >= 0.3 is 0 Å². The molecule has 156 valence electrons. The predicted molar refractivity (Wildman–Crippen MR) is 116 cm³/mol. The van der Waals surface area contributed by atoms with Gasteiger partial charge in [-0.1, -0.05) is 11.6 Å². The van der Waals surface area contributed by atoms with Crippen molar-refractivity contribution in [2.45, 2.75) is 13.0 Å². The Bertz CT molecular complexity index is 777. The van der Waals surface area contributed by atoms with Gasteiger partial charge in [0.05, 0.1) is 20.3 Å². The summed E-state index contributed by atoms with van der Waals surface area (Å²) in [5, 5.41) is 3.69. The van der Waals surface area contributed by atoms with Gasteiger partial charge in [-0.05, 0) is 55.5 Å². The average Bonchev–Trinajstić information content (AvgIpc) is 2.75. The second-order valence-electron chi connectivity index (χ2n) is 7.26. The highest BCUT2D eigenvalue weighted by atomic mass is 35.5. The van der Waals surface area contributed by atoms with Gasteiger partial charge in [0, 0.05) is 29.5 Å². The molecule has 1 aliphatic rings. The maximum absolute atomic E-state index is 12.6. The zero-order valence-electron chi connectivity index (χ0n) is 17.0. The van der Waals surface area contributed by atoms with Gasteiger partial charge in [-0.25, -0.2) is 0 Å². The van der Waals surface area contributed by atoms with Gasteiger partial charge in [-0.3, -0.25) is 4.79 Å². The van der Waals surface area contributed by atoms with Crippen molar-refractivity contribution in [1.29, 1.82) is 0 Å². The normalized spacial score (nSPS) is 16.2. The third-order valence-electron chi connectivity index (χ3n) is 5.22. The Balaban J connectivity index is 1.44. The fraction of sp³-hybridized carbons (Fsp3) is 0.409. The maximum atomic E-state index is 12.6. The lowest BCUT2D eigenvalue weighted by molar-refractivity contribution is -0.894. The molecule has 2 atom stereocenters. The van der Waals surface area contributed by atoms with E-state index >= 15 is 0 Å². The van der Waals surface area contributed by atoms with Crippen LogP contribution in [0.25, 0.3) is 0 Å². The number of halogens is 1. The van der Waals surface area contributed by atoms with E-state index in [1.807, 2.05) is 50.4 Å². The lowest BCUT2D eigenvalue weighted by Crippen LogP contribution is -3.14. The van der Waals surface area contributed by atoms with Gasteiger partial charge in [-0.15, -0.1) is 0 Å². The number of quaternary nitrogens is 1. The Hall–Kier alpha value is -2.28. The number of hydrogen-bond donors (Lipinski definition) is 2. The molecule has 1 aliphatic heterocycles. The van der Waals surface area contributed by atoms with E-state index in [2.05, 4.69) is 10.2 Å². The number of benzene rings is 2. The fourth-order valence-corrected chi connectivity index (χ4v) is 3.25. The molecular weight excluding hydrogens is 390 g/mol. The van der Waals surface area contributed by atoms with Crippen molar-refractivity contribution in [2.24, 2.45) is 0 Å². The average molecular weight is 419 g/mol. The van der Waals surface area contributed by atoms with Gasteiger partial charge in [-0.2, -0.15) is 0 Å². The van der Waals surface area contributed by atoms with Crippen molar-refractivity contribution in [1.82, 2.24) is 0 Å². The van der Waals surface area contributed by atoms with Gasteiger partial charge in [0.1, 0.15) is 18.9 Å². The first-order chi connectivity index (χ1) is 14.0. The number of nitrogens with one attached hydrogen (secondary N) is 2. The monoisotopic (exact) mass is 418 g/mol. The van der Waals surface area contributed by atoms with Crippen LogP contribution in [0.2, 0.25) is 5.02 Å². The Morgan fingerprint density at radius 2 is 1.83 bits per heavy atom. The highest BCUT2D eigenvalue weighted by molar-refractivity contribution is 6.30. The molecule has 2 aromatic carbocycles. The molecule has 0 saturated carbocycles. The number of rotatable bonds is 8. The molecule has 0 bridgehead atoms. The third kappa shape index (κ3) is 6.35. The lowest BCUT2D eigenvalue weighted by Gasteiger charge is -2.29. The van der Waals surface area contributed by atoms with Crippen LogP contribution >= 0.6 is 11.6 Å². The Labute approximate surface area is 177 Å². The summed E-state index contributed by atoms with van der Waals surface area (Å²) >= 11 is 5.88. The highest BCUT2D eigenvalue weighted by Gasteiger charge is 2.22. The van der Waals surface area contributed by atoms with Crippen molar-refractivity contribution in [3.8, 4) is 5.75 Å². The molecule has 1 unspecified atom stereocenters. The first-order valence-electron chi connectivity index (χ1n) is 9.97. The summed E-state index contributed by atoms with van der Waals surface area (Å²) in [6, 6.07) is 15.1. The molecule has 2 N–H and O–H groups in total. The minimum absolute atomic E-state index is 0.00637. The van der Waals surface area contributed by atoms with Crippen molar-refractivity contribution in [2.75, 3.05) is 56.7 Å². The van der Waals surface area contributed by atoms with E-state index < -0.39 is 0 Å². The number of nitrogens with zero attached hydrogens (tertiary/aromatic N) is 1. The van der Waals surface area contributed by atoms with Gasteiger partial charge in [0.15, 0.2) is 6.04 Å². The summed E-state index contributed by atoms with van der Waals surface area (Å²) in [5.41, 5.74) is 1.96. The molecule has 1 saturated heterocycles. The molecule has 1 fully saturated rings. The van der Waals surface area contributed by atoms with Crippen LogP contribution in [-0.4, -0.2) is 58.5 Å². The number of amides is 1. The highest BCUT2D eigenvalue weighted by Crippen LogP contribution is 2.19. The van der Waals surface area contributed by atoms with Crippen LogP contribution in [0.5, 0.6) is 5.75 Å². The van der Waals surface area contributed by atoms with Gasteiger partial charge < -0.3 is 24.6 Å². The number of hydrogen-bond acceptors (Lipinski definition) is 4. The van der Waals surface area contributed by atoms with E-state index in [1.54, 1.807) is 12.1 Å². The number of likely N-dealkylation sites (N-methyl/N-ethyl adjacent to an activating group) is 1. The van der Waals surface area contributed by atoms with Crippen LogP contribution in [0.15, 0.2) is 48.5 Å². The second kappa shape index (κ2) is 10.5. The quantitative estimate of drug-likeness (QED) is 0.689. The number of anilines is 2. The van der Waals surface area contributed by atoms with Crippen molar-refractivity contribution < 1.29 is 19.2 Å². The molecule has 7 heteroatoms. The number of carbonyl (C=O) groups is 1. The van der Waals surface area contributed by atoms with Crippen LogP contribution in [0.3, 0.4) is 0 Å². The molecule has 0 radical (unpaired) electrons. The number of carbonyl (C=O) groups excluding carboxylic acids is 1. The van der Waals surface area contributed by atoms with Crippen LogP contribution in [0, 0.1) is 0 Å². The van der Waals surface area contributed by atoms with E-state index in [0.717, 1.165) is 48.3 Å². The van der Waals surface area contributed by atoms with Gasteiger partial charge in [0.25, 0.3) is 5.91 Å². The van der Waals surface area contributed by atoms with E-state index in [4.69, 9.17) is 21.1 Å². The molecule has 6 nitrogen and oxygen atoms in total. The van der Waals surface area contributed by atoms with Gasteiger partial charge in [0.2, 0.25) is 0 Å². The standard InChI is InChI=1S/C22H28ClN3O3/c1-17(25(2)11-16-29-21-9-3-18(23)4-10-21)22(27)24-19-5-7-20(8-6-19)26-12-14-28-15-13-26/h3-10,17H,11-16H2,1-2H3,(H,24,27)/p+1/t17-/m1/s1. The van der Waals surface area contributed by atoms with Crippen LogP contribution in [0.4, 0.5) is 11.4 Å².